The van der Waals surface area contributed by atoms with Gasteiger partial charge in [0, 0.05) is 19.1 Å². The lowest BCUT2D eigenvalue weighted by atomic mass is 9.99. The van der Waals surface area contributed by atoms with Crippen LogP contribution in [-0.2, 0) is 4.79 Å². The first-order chi connectivity index (χ1) is 7.83. The van der Waals surface area contributed by atoms with Crippen LogP contribution in [0.25, 0.3) is 0 Å². The SMILES string of the molecule is CN(C)CC1CCCN1CCC(C)(N)C(=O)O. The van der Waals surface area contributed by atoms with Crippen LogP contribution in [0.5, 0.6) is 0 Å². The average molecular weight is 243 g/mol. The topological polar surface area (TPSA) is 69.8 Å². The number of hydrogen-bond acceptors (Lipinski definition) is 4. The Kier molecular flexibility index (Phi) is 4.91. The van der Waals surface area contributed by atoms with Gasteiger partial charge in [0.25, 0.3) is 0 Å². The summed E-state index contributed by atoms with van der Waals surface area (Å²) in [4.78, 5) is 15.5. The number of carbonyl (C=O) groups is 1. The van der Waals surface area contributed by atoms with Crippen LogP contribution < -0.4 is 5.73 Å². The maximum absolute atomic E-state index is 10.9. The molecule has 1 heterocycles. The molecule has 1 fully saturated rings. The number of hydrogen-bond donors (Lipinski definition) is 2. The van der Waals surface area contributed by atoms with E-state index in [2.05, 4.69) is 23.9 Å². The lowest BCUT2D eigenvalue weighted by molar-refractivity contribution is -0.143. The summed E-state index contributed by atoms with van der Waals surface area (Å²) >= 11 is 0. The molecular formula is C12H25N3O2. The van der Waals surface area contributed by atoms with Crippen LogP contribution in [0.2, 0.25) is 0 Å². The van der Waals surface area contributed by atoms with Gasteiger partial charge in [-0.05, 0) is 46.8 Å². The van der Waals surface area contributed by atoms with Crippen LogP contribution in [0.1, 0.15) is 26.2 Å². The second-order valence-electron chi connectivity index (χ2n) is 5.57. The first-order valence-corrected chi connectivity index (χ1v) is 6.24. The molecule has 2 unspecified atom stereocenters. The van der Waals surface area contributed by atoms with Gasteiger partial charge in [-0.25, -0.2) is 0 Å². The summed E-state index contributed by atoms with van der Waals surface area (Å²) < 4.78 is 0. The minimum Gasteiger partial charge on any atom is -0.480 e. The summed E-state index contributed by atoms with van der Waals surface area (Å²) in [6.07, 6.45) is 2.91. The van der Waals surface area contributed by atoms with Crippen molar-refractivity contribution in [2.75, 3.05) is 33.7 Å². The van der Waals surface area contributed by atoms with Crippen molar-refractivity contribution in [2.24, 2.45) is 5.73 Å². The van der Waals surface area contributed by atoms with Crippen molar-refractivity contribution in [1.82, 2.24) is 9.80 Å². The van der Waals surface area contributed by atoms with Gasteiger partial charge in [0.05, 0.1) is 0 Å². The monoisotopic (exact) mass is 243 g/mol. The van der Waals surface area contributed by atoms with Gasteiger partial charge in [-0.3, -0.25) is 9.69 Å². The van der Waals surface area contributed by atoms with Crippen molar-refractivity contribution in [3.05, 3.63) is 0 Å². The molecule has 1 saturated heterocycles. The molecule has 0 aromatic heterocycles. The number of nitrogens with zero attached hydrogens (tertiary/aromatic N) is 2. The molecule has 2 atom stereocenters. The first kappa shape index (κ1) is 14.4. The zero-order valence-corrected chi connectivity index (χ0v) is 11.1. The zero-order chi connectivity index (χ0) is 13.1. The summed E-state index contributed by atoms with van der Waals surface area (Å²) in [5.41, 5.74) is 4.64. The van der Waals surface area contributed by atoms with Gasteiger partial charge in [-0.1, -0.05) is 0 Å². The molecule has 0 amide bonds. The molecule has 3 N–H and O–H groups in total. The number of carboxylic acids is 1. The van der Waals surface area contributed by atoms with E-state index in [0.717, 1.165) is 19.6 Å². The van der Waals surface area contributed by atoms with E-state index in [1.807, 2.05) is 0 Å². The minimum absolute atomic E-state index is 0.506. The largest absolute Gasteiger partial charge is 0.480 e. The van der Waals surface area contributed by atoms with Gasteiger partial charge in [-0.15, -0.1) is 0 Å². The summed E-state index contributed by atoms with van der Waals surface area (Å²) in [5, 5.41) is 8.97. The molecule has 5 heteroatoms. The molecule has 1 aliphatic heterocycles. The summed E-state index contributed by atoms with van der Waals surface area (Å²) in [5.74, 6) is -0.916. The van der Waals surface area contributed by atoms with E-state index in [1.54, 1.807) is 6.92 Å². The molecule has 17 heavy (non-hydrogen) atoms. The first-order valence-electron chi connectivity index (χ1n) is 6.24. The molecule has 1 aliphatic rings. The number of carboxylic acid groups (broad SMARTS) is 1. The number of rotatable bonds is 6. The zero-order valence-electron chi connectivity index (χ0n) is 11.1. The lowest BCUT2D eigenvalue weighted by Gasteiger charge is -2.29. The second kappa shape index (κ2) is 5.80. The van der Waals surface area contributed by atoms with E-state index in [1.165, 1.54) is 12.8 Å². The molecule has 0 aromatic rings. The van der Waals surface area contributed by atoms with Crippen molar-refractivity contribution >= 4 is 5.97 Å². The van der Waals surface area contributed by atoms with Crippen molar-refractivity contribution in [2.45, 2.75) is 37.8 Å². The minimum atomic E-state index is -1.11. The molecule has 0 spiro atoms. The van der Waals surface area contributed by atoms with Gasteiger partial charge in [0.15, 0.2) is 0 Å². The average Bonchev–Trinajstić information content (AvgIpc) is 2.61. The Balaban J connectivity index is 2.43. The highest BCUT2D eigenvalue weighted by molar-refractivity contribution is 5.77. The fourth-order valence-electron chi connectivity index (χ4n) is 2.30. The third-order valence-corrected chi connectivity index (χ3v) is 3.48. The molecule has 0 bridgehead atoms. The summed E-state index contributed by atoms with van der Waals surface area (Å²) in [6, 6.07) is 0.551. The van der Waals surface area contributed by atoms with Gasteiger partial charge >= 0.3 is 5.97 Å². The van der Waals surface area contributed by atoms with E-state index in [4.69, 9.17) is 10.8 Å². The third kappa shape index (κ3) is 4.26. The standard InChI is InChI=1S/C12H25N3O2/c1-12(13,11(16)17)6-8-15-7-4-5-10(15)9-14(2)3/h10H,4-9,13H2,1-3H3,(H,16,17). The van der Waals surface area contributed by atoms with E-state index >= 15 is 0 Å². The Morgan fingerprint density at radius 2 is 2.24 bits per heavy atom. The highest BCUT2D eigenvalue weighted by Gasteiger charge is 2.31. The van der Waals surface area contributed by atoms with Gasteiger partial charge in [0.2, 0.25) is 0 Å². The Labute approximate surface area is 104 Å². The van der Waals surface area contributed by atoms with Crippen LogP contribution in [0, 0.1) is 0 Å². The smallest absolute Gasteiger partial charge is 0.323 e. The number of nitrogens with two attached hydrogens (primary N) is 1. The van der Waals surface area contributed by atoms with Crippen molar-refractivity contribution in [1.29, 1.82) is 0 Å². The Bertz CT molecular complexity index is 266. The van der Waals surface area contributed by atoms with Crippen molar-refractivity contribution in [3.63, 3.8) is 0 Å². The van der Waals surface area contributed by atoms with Gasteiger partial charge in [-0.2, -0.15) is 0 Å². The van der Waals surface area contributed by atoms with Crippen molar-refractivity contribution in [3.8, 4) is 0 Å². The molecule has 1 rings (SSSR count). The molecule has 0 radical (unpaired) electrons. The van der Waals surface area contributed by atoms with E-state index < -0.39 is 11.5 Å². The maximum Gasteiger partial charge on any atom is 0.323 e. The van der Waals surface area contributed by atoms with Crippen LogP contribution in [0.4, 0.5) is 0 Å². The van der Waals surface area contributed by atoms with E-state index in [9.17, 15) is 4.79 Å². The number of likely N-dealkylation sites (tertiary alicyclic amines) is 1. The predicted molar refractivity (Wildman–Crippen MR) is 68.0 cm³/mol. The molecule has 0 aliphatic carbocycles. The van der Waals surface area contributed by atoms with Crippen LogP contribution in [0.15, 0.2) is 0 Å². The predicted octanol–water partition coefficient (Wildman–Crippen LogP) is 0.205. The van der Waals surface area contributed by atoms with E-state index in [-0.39, 0.29) is 0 Å². The Hall–Kier alpha value is -0.650. The Morgan fingerprint density at radius 3 is 2.76 bits per heavy atom. The quantitative estimate of drug-likeness (QED) is 0.697. The van der Waals surface area contributed by atoms with Crippen LogP contribution in [0.3, 0.4) is 0 Å². The molecule has 5 nitrogen and oxygen atoms in total. The van der Waals surface area contributed by atoms with Crippen molar-refractivity contribution < 1.29 is 9.90 Å². The summed E-state index contributed by atoms with van der Waals surface area (Å²) in [6.45, 7) is 4.47. The summed E-state index contributed by atoms with van der Waals surface area (Å²) in [7, 11) is 4.14. The normalized spacial score (nSPS) is 25.1. The number of aliphatic carboxylic acids is 1. The molecule has 0 saturated carbocycles. The maximum atomic E-state index is 10.9. The van der Waals surface area contributed by atoms with Crippen LogP contribution >= 0.6 is 0 Å². The third-order valence-electron chi connectivity index (χ3n) is 3.48. The Morgan fingerprint density at radius 1 is 1.59 bits per heavy atom. The van der Waals surface area contributed by atoms with Crippen LogP contribution in [-0.4, -0.2) is 66.2 Å². The molecular weight excluding hydrogens is 218 g/mol. The fourth-order valence-corrected chi connectivity index (χ4v) is 2.30. The molecule has 100 valence electrons. The van der Waals surface area contributed by atoms with E-state index in [0.29, 0.717) is 12.5 Å². The number of likely N-dealkylation sites (N-methyl/N-ethyl adjacent to an activating group) is 1. The van der Waals surface area contributed by atoms with Gasteiger partial charge in [0.1, 0.15) is 5.54 Å². The lowest BCUT2D eigenvalue weighted by Crippen LogP contribution is -2.48. The highest BCUT2D eigenvalue weighted by Crippen LogP contribution is 2.19. The fraction of sp³-hybridized carbons (Fsp3) is 0.917. The van der Waals surface area contributed by atoms with Gasteiger partial charge < -0.3 is 15.7 Å². The molecule has 0 aromatic carbocycles. The second-order valence-corrected chi connectivity index (χ2v) is 5.57. The highest BCUT2D eigenvalue weighted by atomic mass is 16.4.